The van der Waals surface area contributed by atoms with Gasteiger partial charge in [-0.1, -0.05) is 13.8 Å². The third-order valence-electron chi connectivity index (χ3n) is 1.61. The quantitative estimate of drug-likeness (QED) is 0.615. The molecule has 1 aromatic rings. The summed E-state index contributed by atoms with van der Waals surface area (Å²) < 4.78 is 8.98. The van der Waals surface area contributed by atoms with E-state index in [1.54, 1.807) is 0 Å². The molecule has 0 spiro atoms. The Balaban J connectivity index is 0.00000106. The van der Waals surface area contributed by atoms with E-state index < -0.39 is 11.9 Å². The summed E-state index contributed by atoms with van der Waals surface area (Å²) in [5, 5.41) is 0. The summed E-state index contributed by atoms with van der Waals surface area (Å²) in [6.07, 6.45) is 0. The Kier molecular flexibility index (Phi) is 7.53. The zero-order valence-electron chi connectivity index (χ0n) is 9.32. The minimum absolute atomic E-state index is 0.395. The Hall–Kier alpha value is -1.11. The first-order valence-electron chi connectivity index (χ1n) is 4.70. The van der Waals surface area contributed by atoms with Gasteiger partial charge in [-0.05, 0) is 24.3 Å². The Bertz CT molecular complexity index is 311. The lowest BCUT2D eigenvalue weighted by atomic mass is 10.1. The van der Waals surface area contributed by atoms with Gasteiger partial charge in [0.15, 0.2) is 23.0 Å². The number of benzene rings is 1. The van der Waals surface area contributed by atoms with Crippen molar-refractivity contribution in [3.63, 3.8) is 0 Å². The fourth-order valence-corrected chi connectivity index (χ4v) is 1.16. The SMILES string of the molecule is CC.COC(=O)c1ccc(C(=O)OI)cc1. The van der Waals surface area contributed by atoms with E-state index >= 15 is 0 Å². The second-order valence-electron chi connectivity index (χ2n) is 2.43. The van der Waals surface area contributed by atoms with Crippen molar-refractivity contribution in [2.24, 2.45) is 0 Å². The van der Waals surface area contributed by atoms with E-state index in [-0.39, 0.29) is 0 Å². The fraction of sp³-hybridized carbons (Fsp3) is 0.273. The summed E-state index contributed by atoms with van der Waals surface area (Å²) >= 11 is 1.51. The van der Waals surface area contributed by atoms with Crippen LogP contribution >= 0.6 is 23.0 Å². The van der Waals surface area contributed by atoms with Crippen LogP contribution in [0, 0.1) is 0 Å². The number of carbonyl (C=O) groups is 2. The molecular formula is C11H13IO4. The van der Waals surface area contributed by atoms with Crippen molar-refractivity contribution in [1.29, 1.82) is 0 Å². The maximum absolute atomic E-state index is 11.0. The summed E-state index contributed by atoms with van der Waals surface area (Å²) in [5.74, 6) is -0.874. The van der Waals surface area contributed by atoms with Gasteiger partial charge in [0.05, 0.1) is 18.2 Å². The highest BCUT2D eigenvalue weighted by Gasteiger charge is 2.08. The summed E-state index contributed by atoms with van der Waals surface area (Å²) in [4.78, 5) is 22.0. The van der Waals surface area contributed by atoms with Crippen molar-refractivity contribution in [2.45, 2.75) is 13.8 Å². The molecule has 0 saturated heterocycles. The summed E-state index contributed by atoms with van der Waals surface area (Å²) in [6, 6.07) is 6.03. The van der Waals surface area contributed by atoms with Gasteiger partial charge in [-0.15, -0.1) is 0 Å². The van der Waals surface area contributed by atoms with Crippen molar-refractivity contribution in [1.82, 2.24) is 0 Å². The summed E-state index contributed by atoms with van der Waals surface area (Å²) in [7, 11) is 1.30. The second kappa shape index (κ2) is 8.09. The molecule has 0 radical (unpaired) electrons. The van der Waals surface area contributed by atoms with Gasteiger partial charge in [0.2, 0.25) is 0 Å². The zero-order valence-corrected chi connectivity index (χ0v) is 11.5. The number of hydrogen-bond acceptors (Lipinski definition) is 4. The molecule has 0 aliphatic heterocycles. The number of esters is 1. The maximum Gasteiger partial charge on any atom is 0.347 e. The normalized spacial score (nSPS) is 8.50. The average Bonchev–Trinajstić information content (AvgIpc) is 2.39. The molecule has 0 aliphatic rings. The Morgan fingerprint density at radius 2 is 1.38 bits per heavy atom. The predicted octanol–water partition coefficient (Wildman–Crippen LogP) is 3.01. The number of hydrogen-bond donors (Lipinski definition) is 0. The molecule has 1 rings (SSSR count). The van der Waals surface area contributed by atoms with Crippen LogP contribution in [0.2, 0.25) is 0 Å². The van der Waals surface area contributed by atoms with Gasteiger partial charge in [0.25, 0.3) is 0 Å². The lowest BCUT2D eigenvalue weighted by Gasteiger charge is -2.00. The van der Waals surface area contributed by atoms with Crippen LogP contribution in [0.5, 0.6) is 0 Å². The minimum Gasteiger partial charge on any atom is -0.465 e. The van der Waals surface area contributed by atoms with Gasteiger partial charge in [-0.3, -0.25) is 0 Å². The molecule has 0 fully saturated rings. The fourth-order valence-electron chi connectivity index (χ4n) is 0.905. The Labute approximate surface area is 109 Å². The number of carbonyl (C=O) groups excluding carboxylic acids is 2. The van der Waals surface area contributed by atoms with E-state index in [0.717, 1.165) is 0 Å². The first-order valence-corrected chi connectivity index (χ1v) is 5.58. The minimum atomic E-state index is -0.443. The first-order chi connectivity index (χ1) is 7.69. The van der Waals surface area contributed by atoms with Crippen molar-refractivity contribution in [2.75, 3.05) is 7.11 Å². The molecule has 0 amide bonds. The molecule has 0 aromatic heterocycles. The van der Waals surface area contributed by atoms with Gasteiger partial charge in [0.1, 0.15) is 0 Å². The van der Waals surface area contributed by atoms with Gasteiger partial charge in [-0.2, -0.15) is 0 Å². The van der Waals surface area contributed by atoms with E-state index in [2.05, 4.69) is 7.80 Å². The molecule has 0 bridgehead atoms. The van der Waals surface area contributed by atoms with Crippen molar-refractivity contribution >= 4 is 34.9 Å². The smallest absolute Gasteiger partial charge is 0.347 e. The highest BCUT2D eigenvalue weighted by Crippen LogP contribution is 2.08. The summed E-state index contributed by atoms with van der Waals surface area (Å²) in [6.45, 7) is 4.00. The maximum atomic E-state index is 11.0. The molecule has 0 atom stereocenters. The van der Waals surface area contributed by atoms with Gasteiger partial charge in [0, 0.05) is 0 Å². The standard InChI is InChI=1S/C9H7IO4.C2H6/c1-13-8(11)6-2-4-7(5-3-6)9(12)14-10;1-2/h2-5H,1H3;1-2H3. The van der Waals surface area contributed by atoms with Crippen molar-refractivity contribution < 1.29 is 17.4 Å². The molecule has 1 aromatic carbocycles. The molecule has 0 saturated carbocycles. The third-order valence-corrected chi connectivity index (χ3v) is 2.01. The molecule has 0 aliphatic carbocycles. The number of methoxy groups -OCH3 is 1. The molecule has 0 heterocycles. The van der Waals surface area contributed by atoms with E-state index in [4.69, 9.17) is 0 Å². The van der Waals surface area contributed by atoms with Crippen LogP contribution in [0.4, 0.5) is 0 Å². The van der Waals surface area contributed by atoms with Crippen LogP contribution < -0.4 is 0 Å². The van der Waals surface area contributed by atoms with E-state index in [1.165, 1.54) is 54.4 Å². The summed E-state index contributed by atoms with van der Waals surface area (Å²) in [5.41, 5.74) is 0.796. The molecular weight excluding hydrogens is 323 g/mol. The van der Waals surface area contributed by atoms with Crippen LogP contribution in [0.3, 0.4) is 0 Å². The Morgan fingerprint density at radius 1 is 1.00 bits per heavy atom. The molecule has 4 nitrogen and oxygen atoms in total. The third kappa shape index (κ3) is 4.18. The lowest BCUT2D eigenvalue weighted by Crippen LogP contribution is -2.03. The lowest BCUT2D eigenvalue weighted by molar-refractivity contribution is 0.0600. The molecule has 5 heteroatoms. The van der Waals surface area contributed by atoms with Crippen LogP contribution in [0.1, 0.15) is 34.6 Å². The number of rotatable bonds is 2. The van der Waals surface area contributed by atoms with Crippen LogP contribution in [-0.2, 0) is 7.80 Å². The van der Waals surface area contributed by atoms with Crippen LogP contribution in [-0.4, -0.2) is 19.0 Å². The first kappa shape index (κ1) is 14.9. The number of ether oxygens (including phenoxy) is 1. The van der Waals surface area contributed by atoms with Gasteiger partial charge < -0.3 is 7.80 Å². The van der Waals surface area contributed by atoms with Crippen LogP contribution in [0.15, 0.2) is 24.3 Å². The van der Waals surface area contributed by atoms with Crippen molar-refractivity contribution in [3.8, 4) is 0 Å². The predicted molar refractivity (Wildman–Crippen MR) is 68.6 cm³/mol. The highest BCUT2D eigenvalue weighted by molar-refractivity contribution is 14.1. The van der Waals surface area contributed by atoms with Gasteiger partial charge in [-0.25, -0.2) is 9.59 Å². The van der Waals surface area contributed by atoms with Crippen molar-refractivity contribution in [3.05, 3.63) is 35.4 Å². The molecule has 0 unspecified atom stereocenters. The zero-order chi connectivity index (χ0) is 12.6. The highest BCUT2D eigenvalue weighted by atomic mass is 127. The van der Waals surface area contributed by atoms with Gasteiger partial charge >= 0.3 is 11.9 Å². The van der Waals surface area contributed by atoms with E-state index in [0.29, 0.717) is 11.1 Å². The topological polar surface area (TPSA) is 52.6 Å². The van der Waals surface area contributed by atoms with E-state index in [9.17, 15) is 9.59 Å². The molecule has 88 valence electrons. The average molecular weight is 336 g/mol. The Morgan fingerprint density at radius 3 is 1.69 bits per heavy atom. The monoisotopic (exact) mass is 336 g/mol. The van der Waals surface area contributed by atoms with Crippen LogP contribution in [0.25, 0.3) is 0 Å². The molecule has 16 heavy (non-hydrogen) atoms. The van der Waals surface area contributed by atoms with E-state index in [1.807, 2.05) is 13.8 Å². The molecule has 0 N–H and O–H groups in total. The largest absolute Gasteiger partial charge is 0.465 e. The second-order valence-corrected chi connectivity index (χ2v) is 2.87. The number of halogens is 1.